The first kappa shape index (κ1) is 17.6. The molecule has 2 aromatic carbocycles. The highest BCUT2D eigenvalue weighted by Crippen LogP contribution is 2.20. The molecule has 3 aromatic rings. The number of nitrogens with zero attached hydrogens (tertiary/aromatic N) is 1. The first-order valence-corrected chi connectivity index (χ1v) is 8.62. The lowest BCUT2D eigenvalue weighted by Gasteiger charge is -2.14. The third-order valence-electron chi connectivity index (χ3n) is 3.66. The van der Waals surface area contributed by atoms with Gasteiger partial charge in [0.2, 0.25) is 0 Å². The van der Waals surface area contributed by atoms with Crippen molar-refractivity contribution in [2.24, 2.45) is 0 Å². The van der Waals surface area contributed by atoms with E-state index < -0.39 is 11.9 Å². The number of ether oxygens (including phenoxy) is 1. The zero-order valence-corrected chi connectivity index (χ0v) is 15.9. The second-order valence-electron chi connectivity index (χ2n) is 5.19. The van der Waals surface area contributed by atoms with E-state index in [4.69, 9.17) is 16.3 Å². The van der Waals surface area contributed by atoms with Crippen LogP contribution in [-0.4, -0.2) is 23.6 Å². The van der Waals surface area contributed by atoms with E-state index in [1.165, 1.54) is 11.7 Å². The van der Waals surface area contributed by atoms with E-state index in [1.54, 1.807) is 42.5 Å². The van der Waals surface area contributed by atoms with Crippen molar-refractivity contribution >= 4 is 57.0 Å². The average molecular weight is 468 g/mol. The second kappa shape index (κ2) is 6.97. The molecule has 0 saturated heterocycles. The van der Waals surface area contributed by atoms with Crippen molar-refractivity contribution in [1.29, 1.82) is 0 Å². The van der Waals surface area contributed by atoms with Crippen LogP contribution < -0.4 is 5.43 Å². The average Bonchev–Trinajstić information content (AvgIpc) is 2.61. The van der Waals surface area contributed by atoms with Gasteiger partial charge in [0.15, 0.2) is 5.43 Å². The molecule has 0 aliphatic heterocycles. The lowest BCUT2D eigenvalue weighted by molar-refractivity contribution is 0.0583. The summed E-state index contributed by atoms with van der Waals surface area (Å²) in [6, 6.07) is 12.5. The first-order chi connectivity index (χ1) is 11.9. The van der Waals surface area contributed by atoms with Crippen LogP contribution in [0.5, 0.6) is 0 Å². The minimum atomic E-state index is -0.764. The van der Waals surface area contributed by atoms with E-state index in [1.807, 2.05) is 0 Å². The summed E-state index contributed by atoms with van der Waals surface area (Å²) < 4.78 is 6.78. The third-order valence-corrected chi connectivity index (χ3v) is 4.59. The normalized spacial score (nSPS) is 10.7. The number of rotatable bonds is 2. The van der Waals surface area contributed by atoms with Crippen molar-refractivity contribution in [2.45, 2.75) is 0 Å². The van der Waals surface area contributed by atoms with Crippen LogP contribution in [0.3, 0.4) is 0 Å². The van der Waals surface area contributed by atoms with Gasteiger partial charge in [0.25, 0.3) is 5.91 Å². The number of aromatic nitrogens is 1. The molecule has 5 nitrogen and oxygen atoms in total. The van der Waals surface area contributed by atoms with E-state index in [-0.39, 0.29) is 11.1 Å². The molecule has 0 fully saturated rings. The van der Waals surface area contributed by atoms with Crippen LogP contribution in [0.25, 0.3) is 10.9 Å². The molecule has 0 N–H and O–H groups in total. The fourth-order valence-electron chi connectivity index (χ4n) is 2.49. The highest BCUT2D eigenvalue weighted by Gasteiger charge is 2.21. The van der Waals surface area contributed by atoms with Crippen LogP contribution in [0.15, 0.2) is 53.3 Å². The Balaban J connectivity index is 2.35. The van der Waals surface area contributed by atoms with Gasteiger partial charge in [-0.25, -0.2) is 4.79 Å². The number of carbonyl (C=O) groups is 2. The summed E-state index contributed by atoms with van der Waals surface area (Å²) in [5, 5.41) is 0.839. The largest absolute Gasteiger partial charge is 0.464 e. The van der Waals surface area contributed by atoms with Gasteiger partial charge < -0.3 is 4.74 Å². The van der Waals surface area contributed by atoms with Gasteiger partial charge in [0, 0.05) is 25.6 Å². The number of methoxy groups -OCH3 is 1. The van der Waals surface area contributed by atoms with Gasteiger partial charge in [-0.05, 0) is 65.1 Å². The van der Waals surface area contributed by atoms with Gasteiger partial charge in [0.1, 0.15) is 5.69 Å². The molecule has 7 heteroatoms. The van der Waals surface area contributed by atoms with Crippen LogP contribution >= 0.6 is 34.2 Å². The van der Waals surface area contributed by atoms with E-state index in [9.17, 15) is 14.4 Å². The van der Waals surface area contributed by atoms with Gasteiger partial charge in [-0.2, -0.15) is 0 Å². The van der Waals surface area contributed by atoms with Gasteiger partial charge in [-0.1, -0.05) is 11.6 Å². The number of hydrogen-bond acceptors (Lipinski definition) is 4. The van der Waals surface area contributed by atoms with Gasteiger partial charge >= 0.3 is 5.97 Å². The van der Waals surface area contributed by atoms with Crippen LogP contribution in [0.4, 0.5) is 0 Å². The van der Waals surface area contributed by atoms with E-state index in [0.717, 1.165) is 9.64 Å². The molecule has 0 unspecified atom stereocenters. The summed E-state index contributed by atoms with van der Waals surface area (Å²) in [6.07, 6.45) is 0. The van der Waals surface area contributed by atoms with E-state index in [2.05, 4.69) is 22.6 Å². The van der Waals surface area contributed by atoms with Crippen molar-refractivity contribution in [1.82, 2.24) is 4.57 Å². The zero-order chi connectivity index (χ0) is 18.1. The van der Waals surface area contributed by atoms with Crippen molar-refractivity contribution < 1.29 is 14.3 Å². The third kappa shape index (κ3) is 3.32. The smallest absolute Gasteiger partial charge is 0.355 e. The number of hydrogen-bond donors (Lipinski definition) is 0. The molecule has 0 spiro atoms. The molecule has 1 heterocycles. The number of carbonyl (C=O) groups excluding carboxylic acids is 2. The standard InChI is InChI=1S/C18H11ClINO4/c1-25-18(24)15-9-16(22)13-8-12(20)6-7-14(13)21(15)17(23)10-2-4-11(19)5-3-10/h2-9H,1H3. The SMILES string of the molecule is COC(=O)c1cc(=O)c2cc(I)ccc2n1C(=O)c1ccc(Cl)cc1. The molecular formula is C18H11ClINO4. The Labute approximate surface area is 161 Å². The van der Waals surface area contributed by atoms with Crippen molar-refractivity contribution in [2.75, 3.05) is 7.11 Å². The Morgan fingerprint density at radius 1 is 1.08 bits per heavy atom. The maximum absolute atomic E-state index is 13.0. The van der Waals surface area contributed by atoms with Crippen molar-refractivity contribution in [3.05, 3.63) is 78.6 Å². The highest BCUT2D eigenvalue weighted by molar-refractivity contribution is 14.1. The van der Waals surface area contributed by atoms with E-state index >= 15 is 0 Å². The van der Waals surface area contributed by atoms with Gasteiger partial charge in [0.05, 0.1) is 12.6 Å². The quantitative estimate of drug-likeness (QED) is 0.425. The molecule has 0 saturated carbocycles. The second-order valence-corrected chi connectivity index (χ2v) is 6.88. The zero-order valence-electron chi connectivity index (χ0n) is 13.0. The van der Waals surface area contributed by atoms with E-state index in [0.29, 0.717) is 21.5 Å². The molecule has 0 amide bonds. The number of halogens is 2. The lowest BCUT2D eigenvalue weighted by atomic mass is 10.1. The summed E-state index contributed by atoms with van der Waals surface area (Å²) >= 11 is 7.94. The van der Waals surface area contributed by atoms with Gasteiger partial charge in [-0.15, -0.1) is 0 Å². The lowest BCUT2D eigenvalue weighted by Crippen LogP contribution is -2.25. The van der Waals surface area contributed by atoms with Gasteiger partial charge in [-0.3, -0.25) is 14.2 Å². The summed E-state index contributed by atoms with van der Waals surface area (Å²) in [7, 11) is 1.20. The molecule has 25 heavy (non-hydrogen) atoms. The highest BCUT2D eigenvalue weighted by atomic mass is 127. The summed E-state index contributed by atoms with van der Waals surface area (Å²) in [5.74, 6) is -1.22. The first-order valence-electron chi connectivity index (χ1n) is 7.16. The molecular weight excluding hydrogens is 457 g/mol. The molecule has 0 radical (unpaired) electrons. The monoisotopic (exact) mass is 467 g/mol. The molecule has 0 atom stereocenters. The fourth-order valence-corrected chi connectivity index (χ4v) is 3.11. The summed E-state index contributed by atoms with van der Waals surface area (Å²) in [5.41, 5.74) is 0.196. The summed E-state index contributed by atoms with van der Waals surface area (Å²) in [6.45, 7) is 0. The molecule has 1 aromatic heterocycles. The predicted octanol–water partition coefficient (Wildman–Crippen LogP) is 3.73. The molecule has 0 aliphatic carbocycles. The molecule has 3 rings (SSSR count). The van der Waals surface area contributed by atoms with Crippen molar-refractivity contribution in [3.8, 4) is 0 Å². The van der Waals surface area contributed by atoms with Crippen molar-refractivity contribution in [3.63, 3.8) is 0 Å². The maximum atomic E-state index is 13.0. The Bertz CT molecular complexity index is 1060. The minimum Gasteiger partial charge on any atom is -0.464 e. The Morgan fingerprint density at radius 2 is 1.76 bits per heavy atom. The molecule has 0 aliphatic rings. The number of fused-ring (bicyclic) bond motifs is 1. The number of benzene rings is 2. The topological polar surface area (TPSA) is 65.4 Å². The van der Waals surface area contributed by atoms with Crippen LogP contribution in [0.2, 0.25) is 5.02 Å². The van der Waals surface area contributed by atoms with Crippen LogP contribution in [0, 0.1) is 3.57 Å². The number of esters is 1. The predicted molar refractivity (Wildman–Crippen MR) is 103 cm³/mol. The van der Waals surface area contributed by atoms with Crippen LogP contribution in [-0.2, 0) is 4.74 Å². The summed E-state index contributed by atoms with van der Waals surface area (Å²) in [4.78, 5) is 37.5. The Morgan fingerprint density at radius 3 is 2.40 bits per heavy atom. The molecule has 0 bridgehead atoms. The van der Waals surface area contributed by atoms with Crippen LogP contribution in [0.1, 0.15) is 20.8 Å². The maximum Gasteiger partial charge on any atom is 0.355 e. The minimum absolute atomic E-state index is 0.124. The Kier molecular flexibility index (Phi) is 4.91. The molecule has 126 valence electrons. The number of pyridine rings is 1. The fraction of sp³-hybridized carbons (Fsp3) is 0.0556. The Hall–Kier alpha value is -2.19.